The van der Waals surface area contributed by atoms with Crippen LogP contribution in [0, 0.1) is 6.92 Å². The number of aryl methyl sites for hydroxylation is 1. The maximum atomic E-state index is 12.2. The third-order valence-corrected chi connectivity index (χ3v) is 4.12. The van der Waals surface area contributed by atoms with Gasteiger partial charge in [0.25, 0.3) is 5.91 Å². The van der Waals surface area contributed by atoms with Crippen molar-refractivity contribution in [3.05, 3.63) is 46.1 Å². The number of halogens is 1. The number of amides is 1. The first-order valence-electron chi connectivity index (χ1n) is 7.60. The summed E-state index contributed by atoms with van der Waals surface area (Å²) < 4.78 is 0.772. The van der Waals surface area contributed by atoms with Gasteiger partial charge in [-0.15, -0.1) is 0 Å². The number of pyridine rings is 1. The molecule has 0 radical (unpaired) electrons. The number of nitrogens with zero attached hydrogens (tertiary/aromatic N) is 4. The second-order valence-corrected chi connectivity index (χ2v) is 6.47. The summed E-state index contributed by atoms with van der Waals surface area (Å²) in [6.07, 6.45) is 5.58. The highest BCUT2D eigenvalue weighted by Crippen LogP contribution is 2.18. The highest BCUT2D eigenvalue weighted by atomic mass is 79.9. The van der Waals surface area contributed by atoms with Gasteiger partial charge in [-0.25, -0.2) is 9.97 Å². The molecule has 0 spiro atoms. The Bertz CT molecular complexity index is 715. The molecule has 7 heteroatoms. The summed E-state index contributed by atoms with van der Waals surface area (Å²) in [5.41, 5.74) is 1.42. The van der Waals surface area contributed by atoms with Crippen molar-refractivity contribution in [2.24, 2.45) is 0 Å². The Morgan fingerprint density at radius 1 is 1.26 bits per heavy atom. The second kappa shape index (κ2) is 7.04. The fourth-order valence-corrected chi connectivity index (χ4v) is 2.96. The molecule has 0 atom stereocenters. The van der Waals surface area contributed by atoms with Crippen molar-refractivity contribution in [2.75, 3.05) is 18.0 Å². The maximum Gasteiger partial charge on any atom is 0.253 e. The van der Waals surface area contributed by atoms with Crippen LogP contribution in [0.3, 0.4) is 0 Å². The molecule has 1 N–H and O–H groups in total. The van der Waals surface area contributed by atoms with Crippen LogP contribution in [0.2, 0.25) is 0 Å². The molecule has 6 nitrogen and oxygen atoms in total. The molecule has 0 unspecified atom stereocenters. The van der Waals surface area contributed by atoms with Gasteiger partial charge in [0.15, 0.2) is 0 Å². The van der Waals surface area contributed by atoms with Crippen LogP contribution >= 0.6 is 15.9 Å². The molecule has 0 saturated carbocycles. The van der Waals surface area contributed by atoms with E-state index in [1.807, 2.05) is 13.0 Å². The smallest absolute Gasteiger partial charge is 0.253 e. The van der Waals surface area contributed by atoms with Gasteiger partial charge in [0, 0.05) is 41.7 Å². The molecule has 3 heterocycles. The quantitative estimate of drug-likeness (QED) is 0.888. The van der Waals surface area contributed by atoms with Gasteiger partial charge >= 0.3 is 0 Å². The number of hydrogen-bond donors (Lipinski definition) is 1. The number of aromatic nitrogens is 3. The molecule has 0 aromatic carbocycles. The van der Waals surface area contributed by atoms with Gasteiger partial charge in [-0.3, -0.25) is 9.78 Å². The minimum absolute atomic E-state index is 0.188. The molecule has 1 amide bonds. The molecule has 23 heavy (non-hydrogen) atoms. The van der Waals surface area contributed by atoms with E-state index in [-0.39, 0.29) is 5.91 Å². The standard InChI is InChI=1S/C16H18BrN5O/c1-11-6-15(22-4-2-3-5-22)21-14(20-11)10-19-16(23)12-7-13(17)9-18-8-12/h6-9H,2-5,10H2,1H3,(H,19,23). The van der Waals surface area contributed by atoms with Crippen molar-refractivity contribution in [1.82, 2.24) is 20.3 Å². The zero-order valence-electron chi connectivity index (χ0n) is 12.9. The summed E-state index contributed by atoms with van der Waals surface area (Å²) in [6, 6.07) is 3.73. The van der Waals surface area contributed by atoms with Crippen LogP contribution in [0.15, 0.2) is 29.0 Å². The number of carbonyl (C=O) groups is 1. The maximum absolute atomic E-state index is 12.2. The summed E-state index contributed by atoms with van der Waals surface area (Å²) in [6.45, 7) is 4.32. The molecule has 2 aromatic rings. The topological polar surface area (TPSA) is 71.0 Å². The van der Waals surface area contributed by atoms with E-state index < -0.39 is 0 Å². The summed E-state index contributed by atoms with van der Waals surface area (Å²) in [4.78, 5) is 27.4. The fourth-order valence-electron chi connectivity index (χ4n) is 2.60. The van der Waals surface area contributed by atoms with E-state index in [2.05, 4.69) is 41.1 Å². The first-order valence-corrected chi connectivity index (χ1v) is 8.39. The third kappa shape index (κ3) is 4.04. The Balaban J connectivity index is 1.69. The van der Waals surface area contributed by atoms with E-state index in [0.29, 0.717) is 17.9 Å². The van der Waals surface area contributed by atoms with E-state index in [4.69, 9.17) is 0 Å². The average Bonchev–Trinajstić information content (AvgIpc) is 3.06. The van der Waals surface area contributed by atoms with E-state index in [9.17, 15) is 4.79 Å². The van der Waals surface area contributed by atoms with Gasteiger partial charge < -0.3 is 10.2 Å². The largest absolute Gasteiger partial charge is 0.357 e. The highest BCUT2D eigenvalue weighted by molar-refractivity contribution is 9.10. The van der Waals surface area contributed by atoms with Gasteiger partial charge in [0.05, 0.1) is 12.1 Å². The minimum Gasteiger partial charge on any atom is -0.357 e. The lowest BCUT2D eigenvalue weighted by Crippen LogP contribution is -2.25. The Labute approximate surface area is 143 Å². The van der Waals surface area contributed by atoms with Crippen molar-refractivity contribution in [3.8, 4) is 0 Å². The molecule has 1 aliphatic rings. The molecule has 1 saturated heterocycles. The number of hydrogen-bond acceptors (Lipinski definition) is 5. The molecule has 0 aliphatic carbocycles. The monoisotopic (exact) mass is 375 g/mol. The predicted octanol–water partition coefficient (Wildman–Crippen LogP) is 2.47. The normalized spacial score (nSPS) is 14.1. The van der Waals surface area contributed by atoms with Gasteiger partial charge in [0.1, 0.15) is 11.6 Å². The van der Waals surface area contributed by atoms with Crippen LogP contribution < -0.4 is 10.2 Å². The molecule has 120 valence electrons. The average molecular weight is 376 g/mol. The Kier molecular flexibility index (Phi) is 4.85. The Morgan fingerprint density at radius 3 is 2.78 bits per heavy atom. The minimum atomic E-state index is -0.188. The molecular formula is C16H18BrN5O. The summed E-state index contributed by atoms with van der Waals surface area (Å²) in [7, 11) is 0. The lowest BCUT2D eigenvalue weighted by molar-refractivity contribution is 0.0949. The van der Waals surface area contributed by atoms with Crippen LogP contribution in [-0.2, 0) is 6.54 Å². The first-order chi connectivity index (χ1) is 11.1. The number of nitrogens with one attached hydrogen (secondary N) is 1. The van der Waals surface area contributed by atoms with Crippen LogP contribution in [0.5, 0.6) is 0 Å². The van der Waals surface area contributed by atoms with Gasteiger partial charge in [-0.2, -0.15) is 0 Å². The number of carbonyl (C=O) groups excluding carboxylic acids is 1. The lowest BCUT2D eigenvalue weighted by atomic mass is 10.2. The van der Waals surface area contributed by atoms with Gasteiger partial charge in [0.2, 0.25) is 0 Å². The van der Waals surface area contributed by atoms with Crippen LogP contribution in [0.1, 0.15) is 34.7 Å². The van der Waals surface area contributed by atoms with Gasteiger partial charge in [-0.1, -0.05) is 0 Å². The van der Waals surface area contributed by atoms with Gasteiger partial charge in [-0.05, 0) is 41.8 Å². The zero-order chi connectivity index (χ0) is 16.2. The van der Waals surface area contributed by atoms with E-state index in [1.165, 1.54) is 19.0 Å². The van der Waals surface area contributed by atoms with Crippen molar-refractivity contribution in [1.29, 1.82) is 0 Å². The molecule has 1 aliphatic heterocycles. The van der Waals surface area contributed by atoms with Crippen molar-refractivity contribution in [2.45, 2.75) is 26.3 Å². The second-order valence-electron chi connectivity index (χ2n) is 5.55. The SMILES string of the molecule is Cc1cc(N2CCCC2)nc(CNC(=O)c2cncc(Br)c2)n1. The lowest BCUT2D eigenvalue weighted by Gasteiger charge is -2.17. The van der Waals surface area contributed by atoms with E-state index in [0.717, 1.165) is 29.1 Å². The van der Waals surface area contributed by atoms with Crippen LogP contribution in [0.25, 0.3) is 0 Å². The zero-order valence-corrected chi connectivity index (χ0v) is 14.5. The summed E-state index contributed by atoms with van der Waals surface area (Å²) in [5.74, 6) is 1.39. The number of rotatable bonds is 4. The molecule has 3 rings (SSSR count). The Hall–Kier alpha value is -2.02. The van der Waals surface area contributed by atoms with E-state index in [1.54, 1.807) is 12.3 Å². The molecule has 0 bridgehead atoms. The third-order valence-electron chi connectivity index (χ3n) is 3.69. The summed E-state index contributed by atoms with van der Waals surface area (Å²) >= 11 is 3.31. The molecule has 2 aromatic heterocycles. The first kappa shape index (κ1) is 15.9. The van der Waals surface area contributed by atoms with E-state index >= 15 is 0 Å². The van der Waals surface area contributed by atoms with Crippen LogP contribution in [0.4, 0.5) is 5.82 Å². The van der Waals surface area contributed by atoms with Crippen LogP contribution in [-0.4, -0.2) is 33.9 Å². The Morgan fingerprint density at radius 2 is 2.04 bits per heavy atom. The highest BCUT2D eigenvalue weighted by Gasteiger charge is 2.15. The van der Waals surface area contributed by atoms with Crippen molar-refractivity contribution >= 4 is 27.7 Å². The summed E-state index contributed by atoms with van der Waals surface area (Å²) in [5, 5.41) is 2.84. The number of anilines is 1. The van der Waals surface area contributed by atoms with Crippen molar-refractivity contribution < 1.29 is 4.79 Å². The predicted molar refractivity (Wildman–Crippen MR) is 91.3 cm³/mol. The van der Waals surface area contributed by atoms with Crippen molar-refractivity contribution in [3.63, 3.8) is 0 Å². The fraction of sp³-hybridized carbons (Fsp3) is 0.375. The molecule has 1 fully saturated rings. The molecular weight excluding hydrogens is 358 g/mol.